The van der Waals surface area contributed by atoms with Crippen LogP contribution in [-0.4, -0.2) is 26.6 Å². The van der Waals surface area contributed by atoms with Crippen molar-refractivity contribution in [3.05, 3.63) is 45.6 Å². The number of para-hydroxylation sites is 1. The number of carbonyl (C=O) groups excluding carboxylic acids is 1. The molecule has 2 aromatic heterocycles. The number of anilines is 1. The Morgan fingerprint density at radius 3 is 2.71 bits per heavy atom. The van der Waals surface area contributed by atoms with Gasteiger partial charge in [-0.25, -0.2) is 9.97 Å². The fourth-order valence-electron chi connectivity index (χ4n) is 2.42. The van der Waals surface area contributed by atoms with Crippen molar-refractivity contribution in [2.75, 3.05) is 11.1 Å². The second-order valence-corrected chi connectivity index (χ2v) is 7.39. The lowest BCUT2D eigenvalue weighted by molar-refractivity contribution is -0.113. The van der Waals surface area contributed by atoms with Crippen LogP contribution in [0.1, 0.15) is 16.7 Å². The van der Waals surface area contributed by atoms with Crippen molar-refractivity contribution < 1.29 is 4.79 Å². The van der Waals surface area contributed by atoms with Crippen LogP contribution in [0.5, 0.6) is 0 Å². The first-order chi connectivity index (χ1) is 11.5. The molecule has 0 radical (unpaired) electrons. The van der Waals surface area contributed by atoms with Gasteiger partial charge in [-0.15, -0.1) is 0 Å². The summed E-state index contributed by atoms with van der Waals surface area (Å²) in [6.07, 6.45) is 1.74. The maximum Gasteiger partial charge on any atom is 0.234 e. The van der Waals surface area contributed by atoms with Crippen LogP contribution < -0.4 is 5.32 Å². The zero-order valence-corrected chi connectivity index (χ0v) is 16.0. The molecule has 0 spiro atoms. The van der Waals surface area contributed by atoms with E-state index in [1.54, 1.807) is 6.20 Å². The number of rotatable bonds is 4. The molecule has 2 heterocycles. The van der Waals surface area contributed by atoms with Gasteiger partial charge in [-0.3, -0.25) is 4.79 Å². The summed E-state index contributed by atoms with van der Waals surface area (Å²) in [7, 11) is 0. The largest absolute Gasteiger partial charge is 0.331 e. The van der Waals surface area contributed by atoms with E-state index in [0.717, 1.165) is 32.4 Å². The summed E-state index contributed by atoms with van der Waals surface area (Å²) in [6, 6.07) is 5.96. The number of benzene rings is 1. The van der Waals surface area contributed by atoms with Gasteiger partial charge in [-0.2, -0.15) is 0 Å². The number of imidazole rings is 1. The molecule has 7 heteroatoms. The van der Waals surface area contributed by atoms with Crippen LogP contribution in [0, 0.1) is 20.8 Å². The van der Waals surface area contributed by atoms with Crippen molar-refractivity contribution >= 4 is 50.5 Å². The number of hydrogen-bond acceptors (Lipinski definition) is 4. The third-order valence-electron chi connectivity index (χ3n) is 3.78. The summed E-state index contributed by atoms with van der Waals surface area (Å²) in [5, 5.41) is 3.67. The van der Waals surface area contributed by atoms with Crippen molar-refractivity contribution in [3.63, 3.8) is 0 Å². The van der Waals surface area contributed by atoms with Crippen molar-refractivity contribution in [1.29, 1.82) is 0 Å². The summed E-state index contributed by atoms with van der Waals surface area (Å²) in [5.74, 6) is 0.233. The monoisotopic (exact) mass is 404 g/mol. The highest BCUT2D eigenvalue weighted by atomic mass is 79.9. The van der Waals surface area contributed by atoms with Crippen LogP contribution >= 0.6 is 27.7 Å². The minimum Gasteiger partial charge on any atom is -0.331 e. The number of aromatic nitrogens is 3. The quantitative estimate of drug-likeness (QED) is 0.633. The third kappa shape index (κ3) is 3.47. The van der Waals surface area contributed by atoms with Crippen LogP contribution in [0.2, 0.25) is 0 Å². The molecule has 3 rings (SSSR count). The Bertz CT molecular complexity index is 902. The number of carbonyl (C=O) groups is 1. The molecule has 0 aliphatic heterocycles. The molecule has 124 valence electrons. The Hall–Kier alpha value is -1.86. The molecule has 1 amide bonds. The van der Waals surface area contributed by atoms with Gasteiger partial charge in [-0.05, 0) is 53.4 Å². The Morgan fingerprint density at radius 2 is 2.00 bits per heavy atom. The molecule has 0 saturated heterocycles. The maximum absolute atomic E-state index is 12.2. The number of aromatic amines is 1. The molecule has 0 fully saturated rings. The van der Waals surface area contributed by atoms with E-state index < -0.39 is 0 Å². The van der Waals surface area contributed by atoms with Crippen molar-refractivity contribution in [1.82, 2.24) is 15.0 Å². The number of aryl methyl sites for hydroxylation is 3. The average Bonchev–Trinajstić information content (AvgIpc) is 2.97. The van der Waals surface area contributed by atoms with Gasteiger partial charge in [-0.1, -0.05) is 30.0 Å². The number of H-pyrrole nitrogens is 1. The molecule has 0 unspecified atom stereocenters. The van der Waals surface area contributed by atoms with E-state index in [4.69, 9.17) is 0 Å². The van der Waals surface area contributed by atoms with Gasteiger partial charge in [0.15, 0.2) is 10.8 Å². The van der Waals surface area contributed by atoms with Crippen LogP contribution in [0.25, 0.3) is 11.2 Å². The molecule has 0 aliphatic carbocycles. The Balaban J connectivity index is 1.69. The smallest absolute Gasteiger partial charge is 0.234 e. The second-order valence-electron chi connectivity index (χ2n) is 5.58. The number of fused-ring (bicyclic) bond motifs is 1. The zero-order valence-electron chi connectivity index (χ0n) is 13.6. The number of halogens is 1. The van der Waals surface area contributed by atoms with Gasteiger partial charge in [0.2, 0.25) is 5.91 Å². The number of nitrogens with zero attached hydrogens (tertiary/aromatic N) is 2. The SMILES string of the molecule is Cc1cccc(C)c1NC(=O)CSc1nc2ncc(Br)c(C)c2[nH]1. The Morgan fingerprint density at radius 1 is 1.29 bits per heavy atom. The molecule has 0 bridgehead atoms. The molecule has 5 nitrogen and oxygen atoms in total. The number of amides is 1. The van der Waals surface area contributed by atoms with E-state index in [9.17, 15) is 4.79 Å². The molecule has 2 N–H and O–H groups in total. The van der Waals surface area contributed by atoms with Crippen molar-refractivity contribution in [3.8, 4) is 0 Å². The van der Waals surface area contributed by atoms with E-state index in [1.165, 1.54) is 11.8 Å². The van der Waals surface area contributed by atoms with Crippen LogP contribution in [-0.2, 0) is 4.79 Å². The third-order valence-corrected chi connectivity index (χ3v) is 5.45. The minimum absolute atomic E-state index is 0.0521. The van der Waals surface area contributed by atoms with Gasteiger partial charge >= 0.3 is 0 Å². The average molecular weight is 405 g/mol. The number of nitrogens with one attached hydrogen (secondary N) is 2. The first-order valence-corrected chi connectivity index (χ1v) is 9.23. The zero-order chi connectivity index (χ0) is 17.3. The topological polar surface area (TPSA) is 70.7 Å². The van der Waals surface area contributed by atoms with Gasteiger partial charge in [0.1, 0.15) is 0 Å². The highest BCUT2D eigenvalue weighted by Gasteiger charge is 2.12. The lowest BCUT2D eigenvalue weighted by Gasteiger charge is -2.10. The number of pyridine rings is 1. The predicted octanol–water partition coefficient (Wildman–Crippen LogP) is 4.38. The van der Waals surface area contributed by atoms with Gasteiger partial charge < -0.3 is 10.3 Å². The van der Waals surface area contributed by atoms with Gasteiger partial charge in [0.05, 0.1) is 11.3 Å². The van der Waals surface area contributed by atoms with E-state index in [0.29, 0.717) is 10.8 Å². The van der Waals surface area contributed by atoms with Crippen LogP contribution in [0.4, 0.5) is 5.69 Å². The fraction of sp³-hybridized carbons (Fsp3) is 0.235. The summed E-state index contributed by atoms with van der Waals surface area (Å²) in [4.78, 5) is 24.2. The van der Waals surface area contributed by atoms with Crippen molar-refractivity contribution in [2.45, 2.75) is 25.9 Å². The molecule has 3 aromatic rings. The molecule has 0 aliphatic rings. The maximum atomic E-state index is 12.2. The van der Waals surface area contributed by atoms with E-state index in [-0.39, 0.29) is 11.7 Å². The molecule has 0 saturated carbocycles. The predicted molar refractivity (Wildman–Crippen MR) is 102 cm³/mol. The molecular weight excluding hydrogens is 388 g/mol. The Kier molecular flexibility index (Phi) is 4.91. The first-order valence-electron chi connectivity index (χ1n) is 7.45. The summed E-state index contributed by atoms with van der Waals surface area (Å²) >= 11 is 4.82. The molecule has 0 atom stereocenters. The van der Waals surface area contributed by atoms with E-state index in [1.807, 2.05) is 39.0 Å². The van der Waals surface area contributed by atoms with Gasteiger partial charge in [0, 0.05) is 16.4 Å². The lowest BCUT2D eigenvalue weighted by atomic mass is 10.1. The van der Waals surface area contributed by atoms with E-state index in [2.05, 4.69) is 36.2 Å². The minimum atomic E-state index is -0.0521. The fourth-order valence-corrected chi connectivity index (χ4v) is 3.39. The van der Waals surface area contributed by atoms with Gasteiger partial charge in [0.25, 0.3) is 0 Å². The van der Waals surface area contributed by atoms with E-state index >= 15 is 0 Å². The number of thioether (sulfide) groups is 1. The first kappa shape index (κ1) is 17.0. The lowest BCUT2D eigenvalue weighted by Crippen LogP contribution is -2.15. The second kappa shape index (κ2) is 6.94. The summed E-state index contributed by atoms with van der Waals surface area (Å²) < 4.78 is 0.933. The number of hydrogen-bond donors (Lipinski definition) is 2. The van der Waals surface area contributed by atoms with Crippen LogP contribution in [0.15, 0.2) is 34.0 Å². The Labute approximate surface area is 152 Å². The molecule has 24 heavy (non-hydrogen) atoms. The van der Waals surface area contributed by atoms with Crippen LogP contribution in [0.3, 0.4) is 0 Å². The highest BCUT2D eigenvalue weighted by molar-refractivity contribution is 9.10. The van der Waals surface area contributed by atoms with Crippen molar-refractivity contribution in [2.24, 2.45) is 0 Å². The highest BCUT2D eigenvalue weighted by Crippen LogP contribution is 2.25. The normalized spacial score (nSPS) is 11.0. The summed E-state index contributed by atoms with van der Waals surface area (Å²) in [5.41, 5.74) is 5.60. The molecular formula is C17H17BrN4OS. The molecule has 1 aromatic carbocycles. The summed E-state index contributed by atoms with van der Waals surface area (Å²) in [6.45, 7) is 5.97. The standard InChI is InChI=1S/C17H17BrN4OS/c1-9-5-4-6-10(2)14(9)20-13(23)8-24-17-21-15-11(3)12(18)7-19-16(15)22-17/h4-7H,8H2,1-3H3,(H,20,23)(H,19,21,22).